The molecule has 1 fully saturated rings. The molecule has 0 unspecified atom stereocenters. The lowest BCUT2D eigenvalue weighted by atomic mass is 10.1. The Morgan fingerprint density at radius 3 is 2.65 bits per heavy atom. The molecule has 0 aromatic carbocycles. The van der Waals surface area contributed by atoms with Crippen LogP contribution < -0.4 is 10.2 Å². The summed E-state index contributed by atoms with van der Waals surface area (Å²) in [6, 6.07) is 8.88. The van der Waals surface area contributed by atoms with Gasteiger partial charge in [0.15, 0.2) is 5.65 Å². The maximum absolute atomic E-state index is 4.61. The van der Waals surface area contributed by atoms with Crippen LogP contribution in [0.3, 0.4) is 0 Å². The van der Waals surface area contributed by atoms with Crippen molar-refractivity contribution in [2.75, 3.05) is 23.3 Å². The van der Waals surface area contributed by atoms with Crippen LogP contribution in [0.2, 0.25) is 0 Å². The van der Waals surface area contributed by atoms with E-state index >= 15 is 0 Å². The number of aromatic amines is 2. The fraction of sp³-hybridized carbons (Fsp3) is 0.308. The average molecular weight is 453 g/mol. The Balaban J connectivity index is 1.41. The van der Waals surface area contributed by atoms with Crippen molar-refractivity contribution in [3.63, 3.8) is 0 Å². The second kappa shape index (κ2) is 8.44. The number of hydrogen-bond acceptors (Lipinski definition) is 6. The highest BCUT2D eigenvalue weighted by Gasteiger charge is 2.18. The molecule has 0 saturated carbocycles. The van der Waals surface area contributed by atoms with Crippen molar-refractivity contribution >= 4 is 33.4 Å². The van der Waals surface area contributed by atoms with E-state index in [1.165, 1.54) is 24.9 Å². The van der Waals surface area contributed by atoms with Gasteiger partial charge in [0, 0.05) is 71.5 Å². The van der Waals surface area contributed by atoms with Crippen molar-refractivity contribution in [1.29, 1.82) is 0 Å². The van der Waals surface area contributed by atoms with Crippen molar-refractivity contribution in [3.05, 3.63) is 49.1 Å². The van der Waals surface area contributed by atoms with E-state index in [4.69, 9.17) is 0 Å². The molecule has 3 N–H and O–H groups in total. The van der Waals surface area contributed by atoms with Crippen LogP contribution in [0.1, 0.15) is 33.1 Å². The Morgan fingerprint density at radius 2 is 1.79 bits per heavy atom. The minimum atomic E-state index is 0.337. The fourth-order valence-corrected chi connectivity index (χ4v) is 4.83. The first kappa shape index (κ1) is 20.7. The molecule has 34 heavy (non-hydrogen) atoms. The van der Waals surface area contributed by atoms with Crippen molar-refractivity contribution in [2.45, 2.75) is 39.2 Å². The van der Waals surface area contributed by atoms with Crippen LogP contribution in [0.25, 0.3) is 44.6 Å². The number of aromatic nitrogens is 6. The van der Waals surface area contributed by atoms with Gasteiger partial charge in [0.1, 0.15) is 5.65 Å². The zero-order valence-electron chi connectivity index (χ0n) is 19.5. The van der Waals surface area contributed by atoms with Gasteiger partial charge in [-0.25, -0.2) is 9.97 Å². The first-order valence-corrected chi connectivity index (χ1v) is 11.9. The topological polar surface area (TPSA) is 98.4 Å². The third-order valence-corrected chi connectivity index (χ3v) is 6.41. The molecule has 1 saturated heterocycles. The number of fused-ring (bicyclic) bond motifs is 2. The monoisotopic (exact) mass is 452 g/mol. The summed E-state index contributed by atoms with van der Waals surface area (Å²) < 4.78 is 0. The highest BCUT2D eigenvalue weighted by molar-refractivity contribution is 5.98. The minimum Gasteiger partial charge on any atom is -0.382 e. The van der Waals surface area contributed by atoms with Crippen molar-refractivity contribution in [3.8, 4) is 22.5 Å². The molecule has 8 nitrogen and oxygen atoms in total. The predicted octanol–water partition coefficient (Wildman–Crippen LogP) is 5.37. The van der Waals surface area contributed by atoms with E-state index in [0.29, 0.717) is 11.7 Å². The molecule has 6 rings (SSSR count). The van der Waals surface area contributed by atoms with Crippen LogP contribution in [-0.4, -0.2) is 49.3 Å². The lowest BCUT2D eigenvalue weighted by Crippen LogP contribution is -2.29. The number of H-pyrrole nitrogens is 2. The molecule has 8 heteroatoms. The number of hydrogen-bond donors (Lipinski definition) is 3. The summed E-state index contributed by atoms with van der Waals surface area (Å²) in [5.74, 6) is 0. The van der Waals surface area contributed by atoms with E-state index in [2.05, 4.69) is 78.5 Å². The average Bonchev–Trinajstić information content (AvgIpc) is 3.48. The van der Waals surface area contributed by atoms with Crippen molar-refractivity contribution in [2.24, 2.45) is 0 Å². The summed E-state index contributed by atoms with van der Waals surface area (Å²) in [6.45, 7) is 6.42. The molecule has 0 atom stereocenters. The van der Waals surface area contributed by atoms with Crippen LogP contribution in [0, 0.1) is 0 Å². The van der Waals surface area contributed by atoms with Crippen molar-refractivity contribution in [1.82, 2.24) is 30.1 Å². The molecule has 1 aliphatic heterocycles. The number of piperidine rings is 1. The van der Waals surface area contributed by atoms with E-state index < -0.39 is 0 Å². The van der Waals surface area contributed by atoms with Crippen LogP contribution in [-0.2, 0) is 0 Å². The SMILES string of the molecule is CC(C)Nc1cncc(-c2cnc3n[nH]c(-c4cc5c(N6CCCCC6)ccnc5[nH]4)c3c2)c1. The zero-order valence-corrected chi connectivity index (χ0v) is 19.5. The molecule has 1 aliphatic rings. The smallest absolute Gasteiger partial charge is 0.181 e. The Morgan fingerprint density at radius 1 is 0.941 bits per heavy atom. The van der Waals surface area contributed by atoms with Crippen LogP contribution in [0.5, 0.6) is 0 Å². The van der Waals surface area contributed by atoms with Gasteiger partial charge in [0.05, 0.1) is 17.1 Å². The molecule has 172 valence electrons. The minimum absolute atomic E-state index is 0.337. The lowest BCUT2D eigenvalue weighted by molar-refractivity contribution is 0.579. The number of anilines is 2. The van der Waals surface area contributed by atoms with Gasteiger partial charge in [-0.05, 0) is 57.4 Å². The molecule has 5 aromatic rings. The molecular formula is C26H28N8. The van der Waals surface area contributed by atoms with E-state index in [1.54, 1.807) is 0 Å². The van der Waals surface area contributed by atoms with Gasteiger partial charge in [0.2, 0.25) is 0 Å². The van der Waals surface area contributed by atoms with Crippen LogP contribution >= 0.6 is 0 Å². The van der Waals surface area contributed by atoms with Crippen LogP contribution in [0.15, 0.2) is 49.1 Å². The quantitative estimate of drug-likeness (QED) is 0.331. The third-order valence-electron chi connectivity index (χ3n) is 6.41. The van der Waals surface area contributed by atoms with Gasteiger partial charge in [-0.1, -0.05) is 0 Å². The Labute approximate surface area is 197 Å². The number of pyridine rings is 3. The molecule has 6 heterocycles. The van der Waals surface area contributed by atoms with Gasteiger partial charge in [-0.15, -0.1) is 0 Å². The van der Waals surface area contributed by atoms with Gasteiger partial charge in [-0.3, -0.25) is 10.1 Å². The van der Waals surface area contributed by atoms with E-state index in [-0.39, 0.29) is 0 Å². The first-order valence-electron chi connectivity index (χ1n) is 11.9. The van der Waals surface area contributed by atoms with E-state index in [1.807, 2.05) is 24.8 Å². The second-order valence-corrected chi connectivity index (χ2v) is 9.28. The molecule has 5 aromatic heterocycles. The summed E-state index contributed by atoms with van der Waals surface area (Å²) in [6.07, 6.45) is 11.2. The second-order valence-electron chi connectivity index (χ2n) is 9.28. The van der Waals surface area contributed by atoms with E-state index in [9.17, 15) is 0 Å². The maximum atomic E-state index is 4.61. The maximum Gasteiger partial charge on any atom is 0.181 e. The predicted molar refractivity (Wildman–Crippen MR) is 137 cm³/mol. The summed E-state index contributed by atoms with van der Waals surface area (Å²) in [7, 11) is 0. The third kappa shape index (κ3) is 3.75. The highest BCUT2D eigenvalue weighted by Crippen LogP contribution is 2.34. The molecule has 0 radical (unpaired) electrons. The zero-order chi connectivity index (χ0) is 23.1. The first-order chi connectivity index (χ1) is 16.7. The summed E-state index contributed by atoms with van der Waals surface area (Å²) >= 11 is 0. The summed E-state index contributed by atoms with van der Waals surface area (Å²) in [5, 5.41) is 13.2. The molecule has 0 aliphatic carbocycles. The van der Waals surface area contributed by atoms with Crippen molar-refractivity contribution < 1.29 is 0 Å². The highest BCUT2D eigenvalue weighted by atomic mass is 15.2. The largest absolute Gasteiger partial charge is 0.382 e. The molecule has 0 spiro atoms. The Hall–Kier alpha value is -3.94. The van der Waals surface area contributed by atoms with E-state index in [0.717, 1.165) is 57.7 Å². The standard InChI is InChI=1S/C26H28N8/c1-16(2)30-19-10-17(13-27-15-19)18-11-21-24(32-33-26(21)29-14-18)22-12-20-23(6-7-28-25(20)31-22)34-8-4-3-5-9-34/h6-7,10-16,30H,3-5,8-9H2,1-2H3,(H,28,31)(H,29,32,33). The summed E-state index contributed by atoms with van der Waals surface area (Å²) in [5.41, 5.74) is 7.70. The fourth-order valence-electron chi connectivity index (χ4n) is 4.83. The summed E-state index contributed by atoms with van der Waals surface area (Å²) in [4.78, 5) is 19.6. The number of nitrogens with zero attached hydrogens (tertiary/aromatic N) is 5. The van der Waals surface area contributed by atoms with Gasteiger partial charge >= 0.3 is 0 Å². The Kier molecular flexibility index (Phi) is 5.13. The number of rotatable bonds is 5. The molecule has 0 bridgehead atoms. The lowest BCUT2D eigenvalue weighted by Gasteiger charge is -2.29. The van der Waals surface area contributed by atoms with Crippen LogP contribution in [0.4, 0.5) is 11.4 Å². The number of nitrogens with one attached hydrogen (secondary N) is 3. The normalized spacial score (nSPS) is 14.4. The van der Waals surface area contributed by atoms with Gasteiger partial charge in [-0.2, -0.15) is 5.10 Å². The van der Waals surface area contributed by atoms with Gasteiger partial charge < -0.3 is 15.2 Å². The Bertz CT molecular complexity index is 1460. The van der Waals surface area contributed by atoms with Gasteiger partial charge in [0.25, 0.3) is 0 Å². The molecule has 0 amide bonds. The molecular weight excluding hydrogens is 424 g/mol.